The molecule has 0 bridgehead atoms. The Morgan fingerprint density at radius 3 is 2.62 bits per heavy atom. The van der Waals surface area contributed by atoms with Crippen LogP contribution in [0.15, 0.2) is 71.2 Å². The van der Waals surface area contributed by atoms with E-state index in [9.17, 15) is 19.5 Å². The van der Waals surface area contributed by atoms with E-state index in [1.54, 1.807) is 27.8 Å². The monoisotopic (exact) mass is 733 g/mol. The second-order valence-electron chi connectivity index (χ2n) is 14.1. The van der Waals surface area contributed by atoms with Crippen molar-refractivity contribution in [3.63, 3.8) is 0 Å². The quantitative estimate of drug-likeness (QED) is 0.214. The zero-order valence-corrected chi connectivity index (χ0v) is 30.1. The molecule has 48 heavy (non-hydrogen) atoms. The van der Waals surface area contributed by atoms with Crippen molar-refractivity contribution in [1.82, 2.24) is 4.90 Å². The summed E-state index contributed by atoms with van der Waals surface area (Å²) in [7, 11) is -3.46. The summed E-state index contributed by atoms with van der Waals surface area (Å²) in [5.74, 6) is -0.963. The van der Waals surface area contributed by atoms with Gasteiger partial charge in [-0.05, 0) is 79.9 Å². The van der Waals surface area contributed by atoms with Crippen LogP contribution in [0.5, 0.6) is 0 Å². The van der Waals surface area contributed by atoms with Gasteiger partial charge in [-0.25, -0.2) is 0 Å². The summed E-state index contributed by atoms with van der Waals surface area (Å²) in [5, 5.41) is 9.85. The van der Waals surface area contributed by atoms with E-state index in [1.165, 1.54) is 0 Å². The number of para-hydroxylation sites is 1. The highest BCUT2D eigenvalue weighted by atomic mass is 79.9. The fourth-order valence-electron chi connectivity index (χ4n) is 8.71. The van der Waals surface area contributed by atoms with E-state index in [0.717, 1.165) is 39.8 Å². The molecule has 0 unspecified atom stereocenters. The van der Waals surface area contributed by atoms with Crippen molar-refractivity contribution in [3.8, 4) is 0 Å². The smallest absolute Gasteiger partial charge is 0.264 e. The van der Waals surface area contributed by atoms with Crippen LogP contribution in [-0.4, -0.2) is 61.4 Å². The van der Waals surface area contributed by atoms with Crippen LogP contribution < -0.4 is 9.80 Å². The number of fused-ring (bicyclic) bond motifs is 3. The topological polar surface area (TPSA) is 90.4 Å². The molecule has 1 spiro atoms. The Balaban J connectivity index is 1.23. The molecule has 4 aliphatic heterocycles. The maximum Gasteiger partial charge on any atom is 0.264 e. The molecule has 0 saturated carbocycles. The van der Waals surface area contributed by atoms with E-state index in [1.807, 2.05) is 73.7 Å². The van der Waals surface area contributed by atoms with Crippen molar-refractivity contribution < 1.29 is 28.3 Å². The molecule has 3 aromatic carbocycles. The van der Waals surface area contributed by atoms with Crippen molar-refractivity contribution in [2.75, 3.05) is 23.0 Å². The summed E-state index contributed by atoms with van der Waals surface area (Å²) in [4.78, 5) is 46.8. The highest BCUT2D eigenvalue weighted by Gasteiger charge is 2.67. The Morgan fingerprint density at radius 1 is 1.06 bits per heavy atom. The van der Waals surface area contributed by atoms with Crippen molar-refractivity contribution in [2.45, 2.75) is 82.0 Å². The van der Waals surface area contributed by atoms with Crippen molar-refractivity contribution in [3.05, 3.63) is 87.9 Å². The van der Waals surface area contributed by atoms with Gasteiger partial charge in [0.2, 0.25) is 20.2 Å². The van der Waals surface area contributed by atoms with Crippen LogP contribution in [0.1, 0.15) is 49.3 Å². The second-order valence-corrected chi connectivity index (χ2v) is 18.8. The van der Waals surface area contributed by atoms with E-state index in [4.69, 9.17) is 4.74 Å². The van der Waals surface area contributed by atoms with Gasteiger partial charge in [-0.1, -0.05) is 53.2 Å². The third-order valence-electron chi connectivity index (χ3n) is 10.8. The van der Waals surface area contributed by atoms with E-state index in [0.29, 0.717) is 30.6 Å². The Bertz CT molecular complexity index is 1780. The largest absolute Gasteiger partial charge is 0.394 e. The average Bonchev–Trinajstić information content (AvgIpc) is 3.71. The van der Waals surface area contributed by atoms with E-state index >= 15 is 4.11 Å². The van der Waals surface area contributed by atoms with E-state index in [-0.39, 0.29) is 43.3 Å². The van der Waals surface area contributed by atoms with Gasteiger partial charge in [0.25, 0.3) is 5.91 Å². The Morgan fingerprint density at radius 2 is 1.85 bits per heavy atom. The van der Waals surface area contributed by atoms with Crippen LogP contribution in [0.2, 0.25) is 18.6 Å². The minimum Gasteiger partial charge on any atom is -0.394 e. The van der Waals surface area contributed by atoms with Crippen LogP contribution >= 0.6 is 15.9 Å². The lowest BCUT2D eigenvalue weighted by atomic mass is 9.82. The number of hydrogen-bond donors (Lipinski definition) is 1. The van der Waals surface area contributed by atoms with E-state index in [2.05, 4.69) is 15.9 Å². The number of aliphatic hydroxyl groups excluding tert-OH is 1. The fourth-order valence-corrected chi connectivity index (χ4v) is 11.6. The molecule has 4 aliphatic rings. The number of rotatable bonds is 7. The highest BCUT2D eigenvalue weighted by molar-refractivity contribution is 9.10. The molecule has 5 atom stereocenters. The van der Waals surface area contributed by atoms with Crippen molar-refractivity contribution >= 4 is 59.1 Å². The Labute approximate surface area is 290 Å². The molecule has 0 aromatic heterocycles. The zero-order chi connectivity index (χ0) is 34.0. The summed E-state index contributed by atoms with van der Waals surface area (Å²) in [5.41, 5.74) is 2.83. The molecule has 7 rings (SSSR count). The number of halogens is 2. The van der Waals surface area contributed by atoms with Crippen LogP contribution in [0.3, 0.4) is 0 Å². The molecule has 8 nitrogen and oxygen atoms in total. The Hall–Kier alpha value is -3.38. The summed E-state index contributed by atoms with van der Waals surface area (Å²) in [6.45, 7) is 5.81. The molecule has 4 heterocycles. The molecular formula is C37H41BrFN3O5Si. The number of benzene rings is 3. The third kappa shape index (κ3) is 5.43. The summed E-state index contributed by atoms with van der Waals surface area (Å²) in [6, 6.07) is 21.0. The van der Waals surface area contributed by atoms with Crippen molar-refractivity contribution in [2.24, 2.45) is 5.92 Å². The number of likely N-dealkylation sites (tertiary alicyclic amines) is 1. The minimum absolute atomic E-state index is 0.0225. The first-order chi connectivity index (χ1) is 22.9. The summed E-state index contributed by atoms with van der Waals surface area (Å²) < 4.78 is 23.9. The van der Waals surface area contributed by atoms with E-state index < -0.39 is 31.6 Å². The lowest BCUT2D eigenvalue weighted by Gasteiger charge is -2.31. The third-order valence-corrected chi connectivity index (χ3v) is 13.8. The summed E-state index contributed by atoms with van der Waals surface area (Å²) >= 11 is 3.59. The predicted molar refractivity (Wildman–Crippen MR) is 188 cm³/mol. The van der Waals surface area contributed by atoms with Gasteiger partial charge in [0.05, 0.1) is 43.1 Å². The maximum atomic E-state index is 16.3. The molecule has 2 saturated heterocycles. The molecule has 11 heteroatoms. The normalized spacial score (nSPS) is 26.8. The number of carbonyl (C=O) groups is 3. The van der Waals surface area contributed by atoms with Gasteiger partial charge in [0, 0.05) is 40.1 Å². The van der Waals surface area contributed by atoms with Gasteiger partial charge in [-0.15, -0.1) is 0 Å². The zero-order valence-electron chi connectivity index (χ0n) is 27.5. The number of aryl methyl sites for hydroxylation is 1. The van der Waals surface area contributed by atoms with Crippen LogP contribution in [0.25, 0.3) is 0 Å². The number of ether oxygens (including phenoxy) is 1. The molecule has 0 radical (unpaired) electrons. The summed E-state index contributed by atoms with van der Waals surface area (Å²) in [6.07, 6.45) is 1.83. The molecular weight excluding hydrogens is 693 g/mol. The molecule has 2 fully saturated rings. The van der Waals surface area contributed by atoms with Crippen LogP contribution in [0.4, 0.5) is 21.2 Å². The van der Waals surface area contributed by atoms with Gasteiger partial charge < -0.3 is 23.8 Å². The maximum absolute atomic E-state index is 16.3. The van der Waals surface area contributed by atoms with Crippen molar-refractivity contribution in [1.29, 1.82) is 0 Å². The number of amides is 3. The predicted octanol–water partition coefficient (Wildman–Crippen LogP) is 6.76. The average molecular weight is 735 g/mol. The molecule has 3 amide bonds. The SMILES string of the molecule is C[C@@H]1[C@@H]([Si](C)(C)F)[C@H](CC(=O)N2CCC[C@H]2CO)O[C@@]12C(=O)N(Cc1cccc(N3C(=O)CCc4ccccc43)c1)c1ccc(Br)cc12. The Kier molecular flexibility index (Phi) is 8.63. The van der Waals surface area contributed by atoms with Crippen LogP contribution in [-0.2, 0) is 37.7 Å². The lowest BCUT2D eigenvalue weighted by molar-refractivity contribution is -0.150. The van der Waals surface area contributed by atoms with Gasteiger partial charge in [0.1, 0.15) is 0 Å². The molecule has 0 aliphatic carbocycles. The molecule has 1 N–H and O–H groups in total. The number of anilines is 3. The standard InChI is InChI=1S/C37H41BrFN3O5Si/c1-23-35(48(2,3)39)32(20-34(45)40-17-7-11-28(40)22-43)47-37(23)29-19-26(38)14-15-31(29)41(36(37)46)21-24-8-6-10-27(18-24)42-30-12-5-4-9-25(30)13-16-33(42)44/h4-6,8-10,12,14-15,18-19,23,28,32,35,43H,7,11,13,16-17,20-22H2,1-3H3/t23-,28+,32+,35-,37+/m1/s1. The molecule has 252 valence electrons. The minimum atomic E-state index is -3.46. The first-order valence-corrected chi connectivity index (χ1v) is 20.6. The number of hydrogen-bond acceptors (Lipinski definition) is 5. The molecule has 3 aromatic rings. The lowest BCUT2D eigenvalue weighted by Crippen LogP contribution is -2.45. The number of nitrogens with zero attached hydrogens (tertiary/aromatic N) is 3. The first-order valence-electron chi connectivity index (χ1n) is 16.8. The number of carbonyl (C=O) groups excluding carboxylic acids is 3. The van der Waals surface area contributed by atoms with Gasteiger partial charge in [-0.2, -0.15) is 0 Å². The van der Waals surface area contributed by atoms with Gasteiger partial charge in [-0.3, -0.25) is 19.3 Å². The first kappa shape index (κ1) is 33.1. The second kappa shape index (κ2) is 12.5. The van der Waals surface area contributed by atoms with Gasteiger partial charge in [0.15, 0.2) is 5.60 Å². The van der Waals surface area contributed by atoms with Crippen LogP contribution in [0, 0.1) is 5.92 Å². The number of aliphatic hydroxyl groups is 1. The van der Waals surface area contributed by atoms with Gasteiger partial charge >= 0.3 is 0 Å². The fraction of sp³-hybridized carbons (Fsp3) is 0.432. The highest BCUT2D eigenvalue weighted by Crippen LogP contribution is 2.60.